The molecule has 0 aliphatic carbocycles. The molecule has 0 saturated carbocycles. The van der Waals surface area contributed by atoms with Crippen molar-refractivity contribution in [2.24, 2.45) is 0 Å². The van der Waals surface area contributed by atoms with E-state index in [1.807, 2.05) is 26.8 Å². The van der Waals surface area contributed by atoms with Gasteiger partial charge in [0.2, 0.25) is 0 Å². The first-order valence-electron chi connectivity index (χ1n) is 5.95. The van der Waals surface area contributed by atoms with Crippen molar-refractivity contribution in [2.75, 3.05) is 11.4 Å². The molecule has 1 aliphatic heterocycles. The smallest absolute Gasteiger partial charge is 0.416 e. The molecule has 0 saturated heterocycles. The number of halogens is 1. The first kappa shape index (κ1) is 13.1. The highest BCUT2D eigenvalue weighted by atomic mass is 35.5. The van der Waals surface area contributed by atoms with E-state index >= 15 is 0 Å². The van der Waals surface area contributed by atoms with Gasteiger partial charge >= 0.3 is 6.09 Å². The molecular formula is C13H17ClN2O2. The predicted octanol–water partition coefficient (Wildman–Crippen LogP) is 3.12. The van der Waals surface area contributed by atoms with E-state index in [9.17, 15) is 4.79 Å². The molecule has 0 bridgehead atoms. The number of hydrogen-bond acceptors (Lipinski definition) is 3. The Morgan fingerprint density at radius 1 is 1.56 bits per heavy atom. The number of ether oxygens (including phenoxy) is 1. The van der Waals surface area contributed by atoms with Crippen LogP contribution in [-0.2, 0) is 17.0 Å². The number of amides is 1. The van der Waals surface area contributed by atoms with E-state index in [1.54, 1.807) is 11.1 Å². The van der Waals surface area contributed by atoms with E-state index in [0.717, 1.165) is 17.5 Å². The van der Waals surface area contributed by atoms with E-state index in [4.69, 9.17) is 16.3 Å². The summed E-state index contributed by atoms with van der Waals surface area (Å²) in [6, 6.07) is 1.89. The van der Waals surface area contributed by atoms with Gasteiger partial charge in [-0.1, -0.05) is 0 Å². The van der Waals surface area contributed by atoms with Crippen LogP contribution in [0.5, 0.6) is 0 Å². The minimum absolute atomic E-state index is 0.347. The molecule has 18 heavy (non-hydrogen) atoms. The number of carbonyl (C=O) groups is 1. The topological polar surface area (TPSA) is 42.4 Å². The van der Waals surface area contributed by atoms with Gasteiger partial charge < -0.3 is 4.74 Å². The largest absolute Gasteiger partial charge is 0.443 e. The lowest BCUT2D eigenvalue weighted by Crippen LogP contribution is -2.36. The number of carbonyl (C=O) groups excluding carboxylic acids is 1. The normalized spacial score (nSPS) is 14.6. The maximum atomic E-state index is 12.1. The number of aromatic nitrogens is 1. The minimum Gasteiger partial charge on any atom is -0.443 e. The molecule has 1 aliphatic rings. The van der Waals surface area contributed by atoms with Gasteiger partial charge in [-0.2, -0.15) is 0 Å². The third-order valence-electron chi connectivity index (χ3n) is 2.73. The summed E-state index contributed by atoms with van der Waals surface area (Å²) in [5.74, 6) is 1.12. The number of fused-ring (bicyclic) bond motifs is 1. The Hall–Kier alpha value is -1.29. The maximum absolute atomic E-state index is 12.1. The summed E-state index contributed by atoms with van der Waals surface area (Å²) < 4.78 is 5.37. The lowest BCUT2D eigenvalue weighted by atomic mass is 10.1. The quantitative estimate of drug-likeness (QED) is 0.735. The monoisotopic (exact) mass is 268 g/mol. The highest BCUT2D eigenvalue weighted by Gasteiger charge is 2.31. The fourth-order valence-electron chi connectivity index (χ4n) is 1.97. The molecular weight excluding hydrogens is 252 g/mol. The number of alkyl halides is 1. The third kappa shape index (κ3) is 2.58. The second-order valence-corrected chi connectivity index (χ2v) is 5.56. The van der Waals surface area contributed by atoms with Gasteiger partial charge in [-0.3, -0.25) is 4.90 Å². The highest BCUT2D eigenvalue weighted by molar-refractivity contribution is 6.17. The van der Waals surface area contributed by atoms with Crippen LogP contribution in [0.25, 0.3) is 0 Å². The lowest BCUT2D eigenvalue weighted by Gasteiger charge is -2.24. The Kier molecular flexibility index (Phi) is 3.48. The number of pyridine rings is 1. The Bertz CT molecular complexity index is 469. The van der Waals surface area contributed by atoms with Gasteiger partial charge in [-0.05, 0) is 38.8 Å². The third-order valence-corrected chi connectivity index (χ3v) is 3.02. The summed E-state index contributed by atoms with van der Waals surface area (Å²) in [5.41, 5.74) is 1.59. The summed E-state index contributed by atoms with van der Waals surface area (Å²) in [5, 5.41) is 0. The number of hydrogen-bond donors (Lipinski definition) is 0. The van der Waals surface area contributed by atoms with Crippen molar-refractivity contribution in [3.05, 3.63) is 23.4 Å². The van der Waals surface area contributed by atoms with Crippen molar-refractivity contribution in [1.82, 2.24) is 4.98 Å². The molecule has 1 aromatic heterocycles. The molecule has 4 nitrogen and oxygen atoms in total. The first-order valence-corrected chi connectivity index (χ1v) is 6.49. The van der Waals surface area contributed by atoms with E-state index in [1.165, 1.54) is 0 Å². The second kappa shape index (κ2) is 4.76. The van der Waals surface area contributed by atoms with Crippen molar-refractivity contribution in [2.45, 2.75) is 38.7 Å². The molecule has 1 amide bonds. The summed E-state index contributed by atoms with van der Waals surface area (Å²) in [4.78, 5) is 17.9. The first-order chi connectivity index (χ1) is 8.42. The van der Waals surface area contributed by atoms with Gasteiger partial charge in [-0.25, -0.2) is 9.78 Å². The fraction of sp³-hybridized carbons (Fsp3) is 0.538. The zero-order valence-electron chi connectivity index (χ0n) is 10.9. The van der Waals surface area contributed by atoms with Crippen LogP contribution in [0.4, 0.5) is 10.6 Å². The van der Waals surface area contributed by atoms with Crippen LogP contribution in [0.1, 0.15) is 31.9 Å². The Morgan fingerprint density at radius 2 is 2.28 bits per heavy atom. The average molecular weight is 269 g/mol. The lowest BCUT2D eigenvalue weighted by molar-refractivity contribution is 0.0583. The van der Waals surface area contributed by atoms with Crippen molar-refractivity contribution >= 4 is 23.5 Å². The van der Waals surface area contributed by atoms with E-state index in [-0.39, 0.29) is 6.09 Å². The summed E-state index contributed by atoms with van der Waals surface area (Å²) >= 11 is 5.88. The maximum Gasteiger partial charge on any atom is 0.416 e. The molecule has 0 unspecified atom stereocenters. The standard InChI is InChI=1S/C13H17ClN2O2/c1-13(2,3)18-12(17)16-7-5-10-9(8-14)4-6-15-11(10)16/h4,6H,5,7-8H2,1-3H3. The van der Waals surface area contributed by atoms with Gasteiger partial charge in [0, 0.05) is 24.2 Å². The summed E-state index contributed by atoms with van der Waals surface area (Å²) in [6.45, 7) is 6.16. The number of anilines is 1. The predicted molar refractivity (Wildman–Crippen MR) is 71.1 cm³/mol. The highest BCUT2D eigenvalue weighted by Crippen LogP contribution is 2.30. The van der Waals surface area contributed by atoms with Crippen molar-refractivity contribution in [1.29, 1.82) is 0 Å². The molecule has 2 rings (SSSR count). The molecule has 0 atom stereocenters. The zero-order valence-corrected chi connectivity index (χ0v) is 11.6. The Balaban J connectivity index is 2.24. The summed E-state index contributed by atoms with van der Waals surface area (Å²) in [6.07, 6.45) is 2.12. The van der Waals surface area contributed by atoms with Crippen LogP contribution in [-0.4, -0.2) is 23.2 Å². The average Bonchev–Trinajstić information content (AvgIpc) is 2.69. The molecule has 0 fully saturated rings. The van der Waals surface area contributed by atoms with E-state index < -0.39 is 5.60 Å². The van der Waals surface area contributed by atoms with Crippen molar-refractivity contribution in [3.63, 3.8) is 0 Å². The van der Waals surface area contributed by atoms with Crippen LogP contribution in [0, 0.1) is 0 Å². The van der Waals surface area contributed by atoms with Gasteiger partial charge in [-0.15, -0.1) is 11.6 Å². The van der Waals surface area contributed by atoms with Crippen LogP contribution in [0.3, 0.4) is 0 Å². The van der Waals surface area contributed by atoms with E-state index in [2.05, 4.69) is 4.98 Å². The molecule has 0 aromatic carbocycles. The van der Waals surface area contributed by atoms with Crippen LogP contribution in [0.15, 0.2) is 12.3 Å². The SMILES string of the molecule is CC(C)(C)OC(=O)N1CCc2c(CCl)ccnc21. The van der Waals surface area contributed by atoms with Gasteiger partial charge in [0.05, 0.1) is 0 Å². The van der Waals surface area contributed by atoms with Crippen LogP contribution >= 0.6 is 11.6 Å². The molecule has 5 heteroatoms. The molecule has 98 valence electrons. The van der Waals surface area contributed by atoms with Crippen molar-refractivity contribution in [3.8, 4) is 0 Å². The number of nitrogens with zero attached hydrogens (tertiary/aromatic N) is 2. The zero-order chi connectivity index (χ0) is 13.3. The number of rotatable bonds is 1. The molecule has 2 heterocycles. The van der Waals surface area contributed by atoms with Crippen LogP contribution in [0.2, 0.25) is 0 Å². The Morgan fingerprint density at radius 3 is 2.89 bits per heavy atom. The van der Waals surface area contributed by atoms with Crippen molar-refractivity contribution < 1.29 is 9.53 Å². The molecule has 0 N–H and O–H groups in total. The Labute approximate surface area is 112 Å². The van der Waals surface area contributed by atoms with Gasteiger partial charge in [0.1, 0.15) is 11.4 Å². The van der Waals surface area contributed by atoms with E-state index in [0.29, 0.717) is 18.2 Å². The molecule has 0 spiro atoms. The second-order valence-electron chi connectivity index (χ2n) is 5.29. The minimum atomic E-state index is -0.496. The molecule has 1 aromatic rings. The molecule has 0 radical (unpaired) electrons. The van der Waals surface area contributed by atoms with Crippen LogP contribution < -0.4 is 4.90 Å². The van der Waals surface area contributed by atoms with Gasteiger partial charge in [0.15, 0.2) is 0 Å². The summed E-state index contributed by atoms with van der Waals surface area (Å²) in [7, 11) is 0. The fourth-order valence-corrected chi connectivity index (χ4v) is 2.22. The van der Waals surface area contributed by atoms with Gasteiger partial charge in [0.25, 0.3) is 0 Å².